The number of pyridine rings is 1. The number of nitrogens with zero attached hydrogens (tertiary/aromatic N) is 2. The molecule has 4 nitrogen and oxygen atoms in total. The summed E-state index contributed by atoms with van der Waals surface area (Å²) in [5, 5.41) is 0.469. The zero-order valence-electron chi connectivity index (χ0n) is 16.3. The molecule has 4 rings (SSSR count). The summed E-state index contributed by atoms with van der Waals surface area (Å²) >= 11 is 11.9. The molecule has 0 bridgehead atoms. The van der Waals surface area contributed by atoms with Crippen molar-refractivity contribution in [1.29, 1.82) is 0 Å². The van der Waals surface area contributed by atoms with Crippen LogP contribution in [0.1, 0.15) is 27.5 Å². The van der Waals surface area contributed by atoms with E-state index < -0.39 is 0 Å². The summed E-state index contributed by atoms with van der Waals surface area (Å²) < 4.78 is 0. The predicted octanol–water partition coefficient (Wildman–Crippen LogP) is 0.523. The molecular weight excluding hydrogens is 441 g/mol. The van der Waals surface area contributed by atoms with Crippen molar-refractivity contribution in [1.82, 2.24) is 9.88 Å². The number of piperazine rings is 1. The van der Waals surface area contributed by atoms with Crippen molar-refractivity contribution in [3.8, 4) is 0 Å². The molecular formula is C23H22Cl3N3O. The first-order valence-electron chi connectivity index (χ1n) is 9.68. The van der Waals surface area contributed by atoms with E-state index in [0.717, 1.165) is 13.1 Å². The average molecular weight is 463 g/mol. The number of rotatable bonds is 4. The number of halogens is 3. The van der Waals surface area contributed by atoms with Crippen LogP contribution in [0.15, 0.2) is 72.8 Å². The van der Waals surface area contributed by atoms with Crippen molar-refractivity contribution in [3.63, 3.8) is 0 Å². The van der Waals surface area contributed by atoms with E-state index in [4.69, 9.17) is 23.2 Å². The second-order valence-electron chi connectivity index (χ2n) is 7.21. The van der Waals surface area contributed by atoms with Gasteiger partial charge in [0.2, 0.25) is 0 Å². The fourth-order valence-corrected chi connectivity index (χ4v) is 4.47. The molecule has 156 valence electrons. The standard InChI is InChI=1S/C23H21Cl2N3O.ClH/c24-20-15-19(16-21(25)26-20)23(29)28-13-11-27(12-14-28)22(17-7-3-1-4-8-17)18-9-5-2-6-10-18;/h1-10,15-16,22H,11-14H2;1H. The maximum Gasteiger partial charge on any atom is 0.254 e. The number of aromatic nitrogens is 1. The minimum absolute atomic E-state index is 0. The van der Waals surface area contributed by atoms with E-state index in [0.29, 0.717) is 18.7 Å². The highest BCUT2D eigenvalue weighted by molar-refractivity contribution is 6.33. The van der Waals surface area contributed by atoms with Gasteiger partial charge >= 0.3 is 0 Å². The molecule has 2 heterocycles. The van der Waals surface area contributed by atoms with Gasteiger partial charge < -0.3 is 22.2 Å². The molecule has 30 heavy (non-hydrogen) atoms. The molecule has 1 aromatic heterocycles. The first kappa shape index (κ1) is 22.6. The van der Waals surface area contributed by atoms with Gasteiger partial charge in [0.05, 0.1) is 26.2 Å². The Labute approximate surface area is 192 Å². The van der Waals surface area contributed by atoms with Gasteiger partial charge in [0.25, 0.3) is 5.91 Å². The molecule has 0 saturated carbocycles. The largest absolute Gasteiger partial charge is 1.00 e. The molecule has 7 heteroatoms. The number of amides is 1. The van der Waals surface area contributed by atoms with Crippen LogP contribution in [0.2, 0.25) is 10.3 Å². The lowest BCUT2D eigenvalue weighted by atomic mass is 9.96. The van der Waals surface area contributed by atoms with Gasteiger partial charge in [-0.25, -0.2) is 4.98 Å². The summed E-state index contributed by atoms with van der Waals surface area (Å²) in [6, 6.07) is 24.6. The molecule has 0 atom stereocenters. The monoisotopic (exact) mass is 461 g/mol. The Morgan fingerprint density at radius 3 is 1.80 bits per heavy atom. The molecule has 0 aliphatic carbocycles. The fraction of sp³-hybridized carbons (Fsp3) is 0.217. The molecule has 2 aromatic carbocycles. The Morgan fingerprint density at radius 1 is 0.867 bits per heavy atom. The third-order valence-corrected chi connectivity index (χ3v) is 5.76. The first-order chi connectivity index (χ1) is 14.1. The van der Waals surface area contributed by atoms with Gasteiger partial charge in [0.1, 0.15) is 16.3 Å². The van der Waals surface area contributed by atoms with E-state index in [-0.39, 0.29) is 34.7 Å². The summed E-state index contributed by atoms with van der Waals surface area (Å²) in [6.45, 7) is 3.10. The van der Waals surface area contributed by atoms with Crippen molar-refractivity contribution in [2.75, 3.05) is 26.2 Å². The SMILES string of the molecule is O=C(c1cc(Cl)nc(Cl)c1)N1CC[NH+](C(c2ccccc2)c2ccccc2)CC1.[Cl-]. The highest BCUT2D eigenvalue weighted by atomic mass is 35.5. The Kier molecular flexibility index (Phi) is 7.73. The van der Waals surface area contributed by atoms with E-state index in [1.807, 2.05) is 17.0 Å². The van der Waals surface area contributed by atoms with Crippen molar-refractivity contribution < 1.29 is 22.1 Å². The lowest BCUT2D eigenvalue weighted by Gasteiger charge is -2.37. The summed E-state index contributed by atoms with van der Waals surface area (Å²) in [4.78, 5) is 20.1. The molecule has 3 aromatic rings. The molecule has 1 aliphatic rings. The van der Waals surface area contributed by atoms with E-state index in [9.17, 15) is 4.79 Å². The normalized spacial score (nSPS) is 14.4. The minimum Gasteiger partial charge on any atom is -1.00 e. The summed E-state index contributed by atoms with van der Waals surface area (Å²) in [5.41, 5.74) is 3.07. The molecule has 1 saturated heterocycles. The van der Waals surface area contributed by atoms with Crippen LogP contribution >= 0.6 is 23.2 Å². The number of nitrogens with one attached hydrogen (secondary N) is 1. The minimum atomic E-state index is -0.0498. The molecule has 0 radical (unpaired) electrons. The number of hydrogen-bond acceptors (Lipinski definition) is 2. The number of quaternary nitrogens is 1. The van der Waals surface area contributed by atoms with E-state index in [1.54, 1.807) is 12.1 Å². The summed E-state index contributed by atoms with van der Waals surface area (Å²) in [7, 11) is 0. The van der Waals surface area contributed by atoms with Crippen LogP contribution in [0.3, 0.4) is 0 Å². The second-order valence-corrected chi connectivity index (χ2v) is 7.98. The number of benzene rings is 2. The van der Waals surface area contributed by atoms with Crippen molar-refractivity contribution in [2.24, 2.45) is 0 Å². The average Bonchev–Trinajstić information content (AvgIpc) is 2.75. The molecule has 1 aliphatic heterocycles. The van der Waals surface area contributed by atoms with Gasteiger partial charge in [-0.3, -0.25) is 4.79 Å². The fourth-order valence-electron chi connectivity index (χ4n) is 4.01. The summed E-state index contributed by atoms with van der Waals surface area (Å²) in [5.74, 6) is -0.0498. The van der Waals surface area contributed by atoms with Gasteiger partial charge in [-0.05, 0) is 12.1 Å². The quantitative estimate of drug-likeness (QED) is 0.574. The maximum atomic E-state index is 12.9. The van der Waals surface area contributed by atoms with Crippen LogP contribution in [0.5, 0.6) is 0 Å². The lowest BCUT2D eigenvalue weighted by molar-refractivity contribution is -0.929. The van der Waals surface area contributed by atoms with Crippen LogP contribution in [0.4, 0.5) is 0 Å². The maximum absolute atomic E-state index is 12.9. The Balaban J connectivity index is 0.00000256. The predicted molar refractivity (Wildman–Crippen MR) is 116 cm³/mol. The number of carbonyl (C=O) groups is 1. The zero-order chi connectivity index (χ0) is 20.2. The Hall–Kier alpha value is -2.11. The van der Waals surface area contributed by atoms with Crippen molar-refractivity contribution in [3.05, 3.63) is 99.8 Å². The second kappa shape index (κ2) is 10.3. The van der Waals surface area contributed by atoms with Gasteiger partial charge in [-0.2, -0.15) is 0 Å². The Morgan fingerprint density at radius 2 is 1.33 bits per heavy atom. The first-order valence-corrected chi connectivity index (χ1v) is 10.4. The molecule has 1 amide bonds. The lowest BCUT2D eigenvalue weighted by Crippen LogP contribution is -3.15. The highest BCUT2D eigenvalue weighted by Gasteiger charge is 2.31. The molecule has 1 fully saturated rings. The smallest absolute Gasteiger partial charge is 0.254 e. The Bertz CT molecular complexity index is 918. The van der Waals surface area contributed by atoms with Crippen molar-refractivity contribution in [2.45, 2.75) is 6.04 Å². The van der Waals surface area contributed by atoms with Crippen molar-refractivity contribution >= 4 is 29.1 Å². The topological polar surface area (TPSA) is 37.6 Å². The van der Waals surface area contributed by atoms with Gasteiger partial charge in [0.15, 0.2) is 0 Å². The third kappa shape index (κ3) is 5.13. The van der Waals surface area contributed by atoms with Crippen LogP contribution in [-0.4, -0.2) is 42.0 Å². The molecule has 0 unspecified atom stereocenters. The van der Waals surface area contributed by atoms with E-state index in [1.165, 1.54) is 16.0 Å². The van der Waals surface area contributed by atoms with Gasteiger partial charge in [0, 0.05) is 16.7 Å². The third-order valence-electron chi connectivity index (χ3n) is 5.38. The molecule has 0 spiro atoms. The highest BCUT2D eigenvalue weighted by Crippen LogP contribution is 2.20. The van der Waals surface area contributed by atoms with E-state index >= 15 is 0 Å². The zero-order valence-corrected chi connectivity index (χ0v) is 18.5. The van der Waals surface area contributed by atoms with Gasteiger partial charge in [-0.15, -0.1) is 0 Å². The number of hydrogen-bond donors (Lipinski definition) is 1. The van der Waals surface area contributed by atoms with Crippen LogP contribution in [-0.2, 0) is 0 Å². The summed E-state index contributed by atoms with van der Waals surface area (Å²) in [6.07, 6.45) is 0. The van der Waals surface area contributed by atoms with Crippen LogP contribution < -0.4 is 17.3 Å². The number of carbonyl (C=O) groups excluding carboxylic acids is 1. The molecule has 1 N–H and O–H groups in total. The van der Waals surface area contributed by atoms with Crippen LogP contribution in [0.25, 0.3) is 0 Å². The van der Waals surface area contributed by atoms with E-state index in [2.05, 4.69) is 53.5 Å². The van der Waals surface area contributed by atoms with Gasteiger partial charge in [-0.1, -0.05) is 83.9 Å². The van der Waals surface area contributed by atoms with Crippen LogP contribution in [0, 0.1) is 0 Å².